The van der Waals surface area contributed by atoms with Crippen molar-refractivity contribution in [3.05, 3.63) is 0 Å². The summed E-state index contributed by atoms with van der Waals surface area (Å²) in [7, 11) is 0. The number of rotatable bonds is 23. The van der Waals surface area contributed by atoms with Crippen LogP contribution in [0, 0.1) is 0 Å². The SMILES string of the molecule is CCCCCCCCCCCCOCCCCCCCCCCCC.OCCO. The second kappa shape index (κ2) is 32.5. The van der Waals surface area contributed by atoms with E-state index in [0.29, 0.717) is 0 Å². The van der Waals surface area contributed by atoms with Gasteiger partial charge in [-0.15, -0.1) is 0 Å². The third-order valence-electron chi connectivity index (χ3n) is 5.38. The largest absolute Gasteiger partial charge is 0.394 e. The Morgan fingerprint density at radius 3 is 0.862 bits per heavy atom. The van der Waals surface area contributed by atoms with E-state index in [4.69, 9.17) is 14.9 Å². The Bertz CT molecular complexity index is 222. The first kappa shape index (κ1) is 31.1. The van der Waals surface area contributed by atoms with Gasteiger partial charge < -0.3 is 14.9 Å². The van der Waals surface area contributed by atoms with Gasteiger partial charge in [0, 0.05) is 13.2 Å². The average molecular weight is 417 g/mol. The smallest absolute Gasteiger partial charge is 0.0662 e. The normalized spacial score (nSPS) is 10.8. The van der Waals surface area contributed by atoms with Crippen LogP contribution in [0.25, 0.3) is 0 Å². The summed E-state index contributed by atoms with van der Waals surface area (Å²) in [6, 6.07) is 0. The number of hydrogen-bond acceptors (Lipinski definition) is 3. The van der Waals surface area contributed by atoms with Crippen LogP contribution in [0.15, 0.2) is 0 Å². The van der Waals surface area contributed by atoms with Gasteiger partial charge in [-0.3, -0.25) is 0 Å². The Kier molecular flexibility index (Phi) is 34.9. The van der Waals surface area contributed by atoms with Crippen LogP contribution in [0.1, 0.15) is 142 Å². The molecule has 0 fully saturated rings. The predicted octanol–water partition coefficient (Wildman–Crippen LogP) is 7.82. The van der Waals surface area contributed by atoms with Crippen LogP contribution in [-0.2, 0) is 4.74 Å². The van der Waals surface area contributed by atoms with Crippen molar-refractivity contribution in [2.75, 3.05) is 26.4 Å². The minimum Gasteiger partial charge on any atom is -0.394 e. The molecule has 3 nitrogen and oxygen atoms in total. The van der Waals surface area contributed by atoms with E-state index in [1.165, 1.54) is 128 Å². The van der Waals surface area contributed by atoms with Gasteiger partial charge in [0.1, 0.15) is 0 Å². The number of aliphatic hydroxyl groups is 2. The molecule has 0 aromatic heterocycles. The van der Waals surface area contributed by atoms with E-state index in [2.05, 4.69) is 13.8 Å². The number of hydrogen-bond donors (Lipinski definition) is 2. The van der Waals surface area contributed by atoms with E-state index in [9.17, 15) is 0 Å². The molecular weight excluding hydrogens is 360 g/mol. The van der Waals surface area contributed by atoms with Crippen molar-refractivity contribution in [1.29, 1.82) is 0 Å². The van der Waals surface area contributed by atoms with Crippen molar-refractivity contribution in [2.24, 2.45) is 0 Å². The maximum Gasteiger partial charge on any atom is 0.0662 e. The molecule has 0 aliphatic carbocycles. The Balaban J connectivity index is 0. The second-order valence-corrected chi connectivity index (χ2v) is 8.42. The van der Waals surface area contributed by atoms with Gasteiger partial charge in [-0.25, -0.2) is 0 Å². The summed E-state index contributed by atoms with van der Waals surface area (Å²) >= 11 is 0. The van der Waals surface area contributed by atoms with Crippen LogP contribution < -0.4 is 0 Å². The fourth-order valence-electron chi connectivity index (χ4n) is 3.49. The third-order valence-corrected chi connectivity index (χ3v) is 5.38. The van der Waals surface area contributed by atoms with Crippen LogP contribution in [0.4, 0.5) is 0 Å². The first-order chi connectivity index (χ1) is 14.3. The molecule has 0 aliphatic heterocycles. The highest BCUT2D eigenvalue weighted by Crippen LogP contribution is 2.12. The lowest BCUT2D eigenvalue weighted by Crippen LogP contribution is -1.97. The van der Waals surface area contributed by atoms with Crippen LogP contribution in [0.5, 0.6) is 0 Å². The molecule has 29 heavy (non-hydrogen) atoms. The average Bonchev–Trinajstić information content (AvgIpc) is 2.75. The van der Waals surface area contributed by atoms with E-state index in [-0.39, 0.29) is 13.2 Å². The highest BCUT2D eigenvalue weighted by molar-refractivity contribution is 4.49. The third kappa shape index (κ3) is 35.7. The van der Waals surface area contributed by atoms with Crippen LogP contribution in [0.2, 0.25) is 0 Å². The molecule has 0 atom stereocenters. The van der Waals surface area contributed by atoms with Crippen molar-refractivity contribution in [3.8, 4) is 0 Å². The lowest BCUT2D eigenvalue weighted by Gasteiger charge is -2.05. The maximum atomic E-state index is 7.62. The molecule has 0 rings (SSSR count). The molecule has 0 saturated carbocycles. The molecule has 2 N–H and O–H groups in total. The lowest BCUT2D eigenvalue weighted by atomic mass is 10.1. The van der Waals surface area contributed by atoms with Crippen LogP contribution >= 0.6 is 0 Å². The molecule has 0 aliphatic rings. The molecule has 0 amide bonds. The second-order valence-electron chi connectivity index (χ2n) is 8.42. The van der Waals surface area contributed by atoms with Crippen LogP contribution in [0.3, 0.4) is 0 Å². The summed E-state index contributed by atoms with van der Waals surface area (Å²) in [6.07, 6.45) is 28.2. The predicted molar refractivity (Wildman–Crippen MR) is 129 cm³/mol. The molecule has 3 heteroatoms. The van der Waals surface area contributed by atoms with E-state index < -0.39 is 0 Å². The van der Waals surface area contributed by atoms with E-state index in [1.54, 1.807) is 0 Å². The number of unbranched alkanes of at least 4 members (excludes halogenated alkanes) is 18. The first-order valence-electron chi connectivity index (χ1n) is 13.1. The van der Waals surface area contributed by atoms with Crippen molar-refractivity contribution < 1.29 is 14.9 Å². The molecule has 0 bridgehead atoms. The maximum absolute atomic E-state index is 7.62. The molecule has 0 aromatic rings. The summed E-state index contributed by atoms with van der Waals surface area (Å²) in [5.41, 5.74) is 0. The fourth-order valence-corrected chi connectivity index (χ4v) is 3.49. The molecule has 0 spiro atoms. The van der Waals surface area contributed by atoms with Gasteiger partial charge in [-0.1, -0.05) is 129 Å². The molecule has 0 radical (unpaired) electrons. The minimum atomic E-state index is -0.125. The summed E-state index contributed by atoms with van der Waals surface area (Å²) in [4.78, 5) is 0. The topological polar surface area (TPSA) is 49.7 Å². The Morgan fingerprint density at radius 2 is 0.621 bits per heavy atom. The van der Waals surface area contributed by atoms with Crippen molar-refractivity contribution in [3.63, 3.8) is 0 Å². The van der Waals surface area contributed by atoms with Crippen molar-refractivity contribution in [1.82, 2.24) is 0 Å². The number of aliphatic hydroxyl groups excluding tert-OH is 2. The van der Waals surface area contributed by atoms with Gasteiger partial charge in [0.05, 0.1) is 13.2 Å². The summed E-state index contributed by atoms with van der Waals surface area (Å²) in [5, 5.41) is 15.2. The molecule has 0 unspecified atom stereocenters. The van der Waals surface area contributed by atoms with Crippen molar-refractivity contribution >= 4 is 0 Å². The molecule has 0 heterocycles. The highest BCUT2D eigenvalue weighted by Gasteiger charge is 1.95. The summed E-state index contributed by atoms with van der Waals surface area (Å²) in [6.45, 7) is 6.32. The van der Waals surface area contributed by atoms with Gasteiger partial charge in [0.15, 0.2) is 0 Å². The van der Waals surface area contributed by atoms with Gasteiger partial charge >= 0.3 is 0 Å². The van der Waals surface area contributed by atoms with E-state index >= 15 is 0 Å². The number of ether oxygens (including phenoxy) is 1. The Hall–Kier alpha value is -0.120. The standard InChI is InChI=1S/C24H50O.C2H6O2/c1-3-5-7-9-11-13-15-17-19-21-23-25-24-22-20-18-16-14-12-10-8-6-4-2;3-1-2-4/h3-24H2,1-2H3;3-4H,1-2H2. The van der Waals surface area contributed by atoms with Gasteiger partial charge in [-0.05, 0) is 12.8 Å². The minimum absolute atomic E-state index is 0.125. The zero-order chi connectivity index (χ0) is 21.7. The highest BCUT2D eigenvalue weighted by atomic mass is 16.5. The Labute approximate surface area is 184 Å². The molecule has 0 saturated heterocycles. The zero-order valence-electron chi connectivity index (χ0n) is 20.3. The van der Waals surface area contributed by atoms with Gasteiger partial charge in [-0.2, -0.15) is 0 Å². The Morgan fingerprint density at radius 1 is 0.379 bits per heavy atom. The summed E-state index contributed by atoms with van der Waals surface area (Å²) in [5.74, 6) is 0. The molecular formula is C26H56O3. The first-order valence-corrected chi connectivity index (χ1v) is 13.1. The van der Waals surface area contributed by atoms with E-state index in [0.717, 1.165) is 13.2 Å². The van der Waals surface area contributed by atoms with E-state index in [1.807, 2.05) is 0 Å². The fraction of sp³-hybridized carbons (Fsp3) is 1.00. The van der Waals surface area contributed by atoms with Gasteiger partial charge in [0.2, 0.25) is 0 Å². The molecule has 178 valence electrons. The lowest BCUT2D eigenvalue weighted by molar-refractivity contribution is 0.125. The zero-order valence-corrected chi connectivity index (χ0v) is 20.3. The van der Waals surface area contributed by atoms with Crippen LogP contribution in [-0.4, -0.2) is 36.6 Å². The van der Waals surface area contributed by atoms with Crippen molar-refractivity contribution in [2.45, 2.75) is 142 Å². The monoisotopic (exact) mass is 416 g/mol. The molecule has 0 aromatic carbocycles. The van der Waals surface area contributed by atoms with Gasteiger partial charge in [0.25, 0.3) is 0 Å². The quantitative estimate of drug-likeness (QED) is 0.167. The summed E-state index contributed by atoms with van der Waals surface area (Å²) < 4.78 is 5.78.